The molecule has 1 fully saturated rings. The first-order valence-electron chi connectivity index (χ1n) is 13.9. The Kier molecular flexibility index (Phi) is 9.14. The summed E-state index contributed by atoms with van der Waals surface area (Å²) >= 11 is -2.98. The number of carbonyl (C=O) groups is 1. The molecule has 0 unspecified atom stereocenters. The second-order valence-corrected chi connectivity index (χ2v) is 27.9. The van der Waals surface area contributed by atoms with Gasteiger partial charge in [0.05, 0.1) is 0 Å². The maximum absolute atomic E-state index is 14.0. The van der Waals surface area contributed by atoms with Crippen molar-refractivity contribution in [3.63, 3.8) is 0 Å². The van der Waals surface area contributed by atoms with Crippen LogP contribution < -0.4 is 0 Å². The summed E-state index contributed by atoms with van der Waals surface area (Å²) in [5.41, 5.74) is 2.46. The zero-order valence-corrected chi connectivity index (χ0v) is 27.4. The van der Waals surface area contributed by atoms with E-state index in [0.717, 1.165) is 13.1 Å². The van der Waals surface area contributed by atoms with Crippen molar-refractivity contribution in [3.05, 3.63) is 108 Å². The van der Waals surface area contributed by atoms with Crippen LogP contribution in [0.25, 0.3) is 0 Å². The van der Waals surface area contributed by atoms with E-state index in [9.17, 15) is 4.79 Å². The van der Waals surface area contributed by atoms with Gasteiger partial charge in [-0.05, 0) is 0 Å². The SMILES string of the molecule is CC1(C)COC(C)(C)N1C(=O)O[C@H]([C@@H](c1ccccc1)N(Cc1ccccc1)Cc1ccccc1)[Sn]([CH3])([CH3])[CH3]. The van der Waals surface area contributed by atoms with Crippen LogP contribution in [0.1, 0.15) is 50.4 Å². The molecule has 39 heavy (non-hydrogen) atoms. The third kappa shape index (κ3) is 7.24. The van der Waals surface area contributed by atoms with Crippen LogP contribution in [0, 0.1) is 0 Å². The Bertz CT molecular complexity index is 1150. The van der Waals surface area contributed by atoms with Crippen molar-refractivity contribution in [1.29, 1.82) is 0 Å². The standard InChI is InChI=1S/C30H35N2O3.3CH3.Sn/c1-29(2)23-35-30(3,4)32(29)28(33)34-22-27(26-18-12-7-13-19-26)31(20-24-14-8-5-9-15-24)21-25-16-10-6-11-17-25;;;;/h5-19,22,27H,20-21,23H2,1-4H3;3*1H3;/t27-;;;;/m0..../s1. The summed E-state index contributed by atoms with van der Waals surface area (Å²) in [6.07, 6.45) is -0.292. The quantitative estimate of drug-likeness (QED) is 0.227. The van der Waals surface area contributed by atoms with Gasteiger partial charge in [-0.2, -0.15) is 0 Å². The summed E-state index contributed by atoms with van der Waals surface area (Å²) in [4.78, 5) is 25.4. The first-order valence-corrected chi connectivity index (χ1v) is 24.1. The van der Waals surface area contributed by atoms with Crippen molar-refractivity contribution in [2.75, 3.05) is 6.61 Å². The third-order valence-electron chi connectivity index (χ3n) is 7.46. The Balaban J connectivity index is 1.79. The van der Waals surface area contributed by atoms with E-state index in [4.69, 9.17) is 9.47 Å². The van der Waals surface area contributed by atoms with Crippen LogP contribution in [0.15, 0.2) is 91.0 Å². The number of rotatable bonds is 9. The number of hydrogen-bond acceptors (Lipinski definition) is 4. The molecule has 208 valence electrons. The summed E-state index contributed by atoms with van der Waals surface area (Å²) in [7, 11) is 0. The topological polar surface area (TPSA) is 42.0 Å². The van der Waals surface area contributed by atoms with Crippen LogP contribution >= 0.6 is 0 Å². The first-order chi connectivity index (χ1) is 18.4. The molecule has 0 spiro atoms. The molecule has 0 N–H and O–H groups in total. The van der Waals surface area contributed by atoms with Crippen LogP contribution in [-0.4, -0.2) is 56.3 Å². The number of nitrogens with zero attached hydrogens (tertiary/aromatic N) is 2. The van der Waals surface area contributed by atoms with E-state index in [1.807, 2.05) is 33.8 Å². The van der Waals surface area contributed by atoms with Crippen molar-refractivity contribution in [3.8, 4) is 0 Å². The van der Waals surface area contributed by atoms with Crippen molar-refractivity contribution in [2.24, 2.45) is 0 Å². The minimum atomic E-state index is -2.98. The number of hydrogen-bond donors (Lipinski definition) is 0. The maximum atomic E-state index is 14.0. The Labute approximate surface area is 239 Å². The third-order valence-corrected chi connectivity index (χ3v) is 13.6. The minimum absolute atomic E-state index is 0.0962. The van der Waals surface area contributed by atoms with E-state index in [0.29, 0.717) is 6.61 Å². The summed E-state index contributed by atoms with van der Waals surface area (Å²) in [5.74, 6) is 0. The second-order valence-electron chi connectivity index (χ2n) is 12.8. The van der Waals surface area contributed by atoms with Gasteiger partial charge in [0.2, 0.25) is 0 Å². The molecule has 4 rings (SSSR count). The Morgan fingerprint density at radius 1 is 0.846 bits per heavy atom. The molecule has 1 saturated heterocycles. The Hall–Kier alpha value is -2.35. The normalized spacial score (nSPS) is 18.1. The summed E-state index contributed by atoms with van der Waals surface area (Å²) < 4.78 is 12.5. The molecule has 2 atom stereocenters. The molecule has 1 aliphatic rings. The fourth-order valence-corrected chi connectivity index (χ4v) is 10.8. The van der Waals surface area contributed by atoms with E-state index in [1.54, 1.807) is 4.90 Å². The van der Waals surface area contributed by atoms with Gasteiger partial charge < -0.3 is 0 Å². The fourth-order valence-electron chi connectivity index (χ4n) is 5.67. The molecule has 0 aromatic heterocycles. The van der Waals surface area contributed by atoms with Crippen molar-refractivity contribution >= 4 is 24.5 Å². The number of ether oxygens (including phenoxy) is 2. The molecule has 5 nitrogen and oxygen atoms in total. The van der Waals surface area contributed by atoms with Gasteiger partial charge >= 0.3 is 240 Å². The van der Waals surface area contributed by atoms with Crippen LogP contribution in [-0.2, 0) is 22.6 Å². The van der Waals surface area contributed by atoms with Gasteiger partial charge in [-0.25, -0.2) is 0 Å². The Morgan fingerprint density at radius 3 is 1.72 bits per heavy atom. The van der Waals surface area contributed by atoms with E-state index in [-0.39, 0.29) is 16.3 Å². The zero-order valence-electron chi connectivity index (χ0n) is 24.6. The predicted octanol–water partition coefficient (Wildman–Crippen LogP) is 7.66. The first kappa shape index (κ1) is 29.6. The van der Waals surface area contributed by atoms with Crippen molar-refractivity contribution in [1.82, 2.24) is 9.80 Å². The van der Waals surface area contributed by atoms with Gasteiger partial charge in [-0.15, -0.1) is 0 Å². The van der Waals surface area contributed by atoms with Crippen molar-refractivity contribution in [2.45, 2.75) is 77.0 Å². The number of amides is 1. The molecule has 1 heterocycles. The van der Waals surface area contributed by atoms with Gasteiger partial charge in [0, 0.05) is 0 Å². The second kappa shape index (κ2) is 12.0. The van der Waals surface area contributed by atoms with E-state index < -0.39 is 29.6 Å². The molecule has 0 bridgehead atoms. The van der Waals surface area contributed by atoms with Gasteiger partial charge in [0.1, 0.15) is 0 Å². The van der Waals surface area contributed by atoms with E-state index in [2.05, 4.69) is 105 Å². The van der Waals surface area contributed by atoms with Crippen molar-refractivity contribution < 1.29 is 14.3 Å². The van der Waals surface area contributed by atoms with Crippen LogP contribution in [0.2, 0.25) is 14.8 Å². The van der Waals surface area contributed by atoms with Crippen LogP contribution in [0.4, 0.5) is 4.79 Å². The monoisotopic (exact) mass is 636 g/mol. The summed E-state index contributed by atoms with van der Waals surface area (Å²) in [5, 5.41) is 0. The van der Waals surface area contributed by atoms with Gasteiger partial charge in [-0.3, -0.25) is 0 Å². The molecule has 3 aromatic carbocycles. The average molecular weight is 635 g/mol. The molecule has 3 aromatic rings. The molecule has 1 amide bonds. The number of carbonyl (C=O) groups excluding carboxylic acids is 1. The van der Waals surface area contributed by atoms with E-state index in [1.165, 1.54) is 16.7 Å². The fraction of sp³-hybridized carbons (Fsp3) is 0.424. The van der Waals surface area contributed by atoms with Crippen LogP contribution in [0.3, 0.4) is 0 Å². The van der Waals surface area contributed by atoms with Gasteiger partial charge in [0.15, 0.2) is 0 Å². The molecule has 6 heteroatoms. The summed E-state index contributed by atoms with van der Waals surface area (Å²) in [6.45, 7) is 9.96. The Morgan fingerprint density at radius 2 is 1.31 bits per heavy atom. The molecule has 0 saturated carbocycles. The summed E-state index contributed by atoms with van der Waals surface area (Å²) in [6, 6.07) is 31.6. The average Bonchev–Trinajstić information content (AvgIpc) is 3.11. The van der Waals surface area contributed by atoms with Gasteiger partial charge in [-0.1, -0.05) is 0 Å². The molecular weight excluding hydrogens is 591 g/mol. The van der Waals surface area contributed by atoms with Crippen LogP contribution in [0.5, 0.6) is 0 Å². The zero-order chi connectivity index (χ0) is 28.3. The number of benzene rings is 3. The predicted molar refractivity (Wildman–Crippen MR) is 161 cm³/mol. The molecular formula is C33H44N2O3Sn. The molecule has 1 aliphatic heterocycles. The molecule has 0 aliphatic carbocycles. The molecule has 0 radical (unpaired) electrons. The van der Waals surface area contributed by atoms with Gasteiger partial charge in [0.25, 0.3) is 0 Å². The van der Waals surface area contributed by atoms with E-state index >= 15 is 0 Å².